The summed E-state index contributed by atoms with van der Waals surface area (Å²) in [5.74, 6) is 0.493. The molecule has 3 fully saturated rings. The highest BCUT2D eigenvalue weighted by molar-refractivity contribution is 5.20. The van der Waals surface area contributed by atoms with Crippen LogP contribution in [-0.4, -0.2) is 53.2 Å². The number of halogens is 1. The maximum atomic E-state index is 13.3. The van der Waals surface area contributed by atoms with E-state index in [2.05, 4.69) is 40.1 Å². The molecule has 1 saturated carbocycles. The Labute approximate surface area is 192 Å². The number of aliphatic hydroxyl groups excluding tert-OH is 1. The molecular formula is C28H37FN2O. The van der Waals surface area contributed by atoms with Gasteiger partial charge in [-0.15, -0.1) is 0 Å². The van der Waals surface area contributed by atoms with Crippen LogP contribution in [0.15, 0.2) is 54.6 Å². The summed E-state index contributed by atoms with van der Waals surface area (Å²) in [5.41, 5.74) is 2.98. The van der Waals surface area contributed by atoms with E-state index in [1.54, 1.807) is 12.1 Å². The van der Waals surface area contributed by atoms with Gasteiger partial charge in [-0.05, 0) is 99.2 Å². The third-order valence-electron chi connectivity index (χ3n) is 8.39. The van der Waals surface area contributed by atoms with Crippen LogP contribution in [0, 0.1) is 11.2 Å². The molecule has 1 aliphatic carbocycles. The standard InChI is InChI=1S/C28H37FN2O/c29-25-9-7-22(8-10-25)20-30-16-4-14-28(21-30)15-11-27(32)26(19-28)31-17-12-24(13-18-31)23-5-2-1-3-6-23/h1-3,5-10,24,26-27,32H,4,11-21H2/t26-,27-,28-/m0/s1. The van der Waals surface area contributed by atoms with Gasteiger partial charge in [-0.1, -0.05) is 42.5 Å². The predicted octanol–water partition coefficient (Wildman–Crippen LogP) is 5.20. The van der Waals surface area contributed by atoms with Crippen molar-refractivity contribution in [1.82, 2.24) is 9.80 Å². The van der Waals surface area contributed by atoms with Crippen LogP contribution in [0.4, 0.5) is 4.39 Å². The Bertz CT molecular complexity index is 865. The van der Waals surface area contributed by atoms with Gasteiger partial charge in [0, 0.05) is 19.1 Å². The number of nitrogens with zero attached hydrogens (tertiary/aromatic N) is 2. The molecule has 1 N–H and O–H groups in total. The number of piperidine rings is 2. The van der Waals surface area contributed by atoms with Gasteiger partial charge in [-0.2, -0.15) is 0 Å². The number of hydrogen-bond donors (Lipinski definition) is 1. The van der Waals surface area contributed by atoms with E-state index < -0.39 is 0 Å². The van der Waals surface area contributed by atoms with Gasteiger partial charge in [0.25, 0.3) is 0 Å². The first kappa shape index (κ1) is 22.1. The number of aliphatic hydroxyl groups is 1. The first-order valence-corrected chi connectivity index (χ1v) is 12.5. The molecule has 3 nitrogen and oxygen atoms in total. The quantitative estimate of drug-likeness (QED) is 0.714. The second-order valence-electron chi connectivity index (χ2n) is 10.5. The Kier molecular flexibility index (Phi) is 6.64. The molecule has 3 atom stereocenters. The second kappa shape index (κ2) is 9.62. The Hall–Kier alpha value is -1.75. The Morgan fingerprint density at radius 3 is 2.41 bits per heavy atom. The Balaban J connectivity index is 1.21. The first-order valence-electron chi connectivity index (χ1n) is 12.5. The van der Waals surface area contributed by atoms with Crippen molar-refractivity contribution in [3.63, 3.8) is 0 Å². The highest BCUT2D eigenvalue weighted by Gasteiger charge is 2.45. The van der Waals surface area contributed by atoms with Crippen molar-refractivity contribution in [2.75, 3.05) is 26.2 Å². The largest absolute Gasteiger partial charge is 0.391 e. The van der Waals surface area contributed by atoms with Crippen molar-refractivity contribution in [3.8, 4) is 0 Å². The highest BCUT2D eigenvalue weighted by Crippen LogP contribution is 2.45. The summed E-state index contributed by atoms with van der Waals surface area (Å²) in [7, 11) is 0. The summed E-state index contributed by atoms with van der Waals surface area (Å²) in [6.45, 7) is 5.31. The van der Waals surface area contributed by atoms with Crippen LogP contribution in [0.25, 0.3) is 0 Å². The molecule has 4 heteroatoms. The third kappa shape index (κ3) is 4.93. The lowest BCUT2D eigenvalue weighted by Crippen LogP contribution is -2.55. The van der Waals surface area contributed by atoms with Crippen LogP contribution in [-0.2, 0) is 6.54 Å². The Morgan fingerprint density at radius 1 is 0.906 bits per heavy atom. The van der Waals surface area contributed by atoms with E-state index in [9.17, 15) is 9.50 Å². The molecule has 32 heavy (non-hydrogen) atoms. The molecule has 2 aliphatic heterocycles. The van der Waals surface area contributed by atoms with Crippen molar-refractivity contribution in [3.05, 3.63) is 71.5 Å². The molecule has 172 valence electrons. The maximum Gasteiger partial charge on any atom is 0.123 e. The van der Waals surface area contributed by atoms with E-state index in [1.165, 1.54) is 36.8 Å². The summed E-state index contributed by atoms with van der Waals surface area (Å²) in [6, 6.07) is 18.2. The van der Waals surface area contributed by atoms with Crippen LogP contribution in [0.2, 0.25) is 0 Å². The average molecular weight is 437 g/mol. The fourth-order valence-electron chi connectivity index (χ4n) is 6.65. The zero-order valence-electron chi connectivity index (χ0n) is 19.1. The molecule has 1 spiro atoms. The van der Waals surface area contributed by atoms with Gasteiger partial charge in [0.05, 0.1) is 6.10 Å². The van der Waals surface area contributed by atoms with E-state index in [-0.39, 0.29) is 11.9 Å². The van der Waals surface area contributed by atoms with Gasteiger partial charge in [0.2, 0.25) is 0 Å². The molecule has 2 saturated heterocycles. The van der Waals surface area contributed by atoms with E-state index in [0.29, 0.717) is 17.4 Å². The van der Waals surface area contributed by atoms with E-state index in [4.69, 9.17) is 0 Å². The number of rotatable bonds is 4. The van der Waals surface area contributed by atoms with Gasteiger partial charge in [0.15, 0.2) is 0 Å². The minimum atomic E-state index is -0.193. The van der Waals surface area contributed by atoms with Gasteiger partial charge in [0.1, 0.15) is 5.82 Å². The van der Waals surface area contributed by atoms with Crippen LogP contribution in [0.5, 0.6) is 0 Å². The molecule has 0 amide bonds. The minimum Gasteiger partial charge on any atom is -0.391 e. The van der Waals surface area contributed by atoms with Crippen molar-refractivity contribution in [2.24, 2.45) is 5.41 Å². The molecular weight excluding hydrogens is 399 g/mol. The molecule has 0 radical (unpaired) electrons. The fraction of sp³-hybridized carbons (Fsp3) is 0.571. The zero-order chi connectivity index (χ0) is 22.0. The van der Waals surface area contributed by atoms with Crippen molar-refractivity contribution >= 4 is 0 Å². The molecule has 3 aliphatic rings. The second-order valence-corrected chi connectivity index (χ2v) is 10.5. The SMILES string of the molecule is O[C@H]1CC[C@@]2(CCCN(Cc3ccc(F)cc3)C2)C[C@@H]1N1CCC(c2ccccc2)CC1. The van der Waals surface area contributed by atoms with Crippen LogP contribution >= 0.6 is 0 Å². The summed E-state index contributed by atoms with van der Waals surface area (Å²) < 4.78 is 13.3. The van der Waals surface area contributed by atoms with Crippen LogP contribution < -0.4 is 0 Å². The van der Waals surface area contributed by atoms with Gasteiger partial charge >= 0.3 is 0 Å². The summed E-state index contributed by atoms with van der Waals surface area (Å²) in [4.78, 5) is 5.16. The number of likely N-dealkylation sites (tertiary alicyclic amines) is 2. The zero-order valence-corrected chi connectivity index (χ0v) is 19.1. The smallest absolute Gasteiger partial charge is 0.123 e. The van der Waals surface area contributed by atoms with E-state index in [1.807, 2.05) is 12.1 Å². The van der Waals surface area contributed by atoms with Gasteiger partial charge in [-0.3, -0.25) is 9.80 Å². The summed E-state index contributed by atoms with van der Waals surface area (Å²) in [6.07, 6.45) is 7.86. The van der Waals surface area contributed by atoms with E-state index >= 15 is 0 Å². The molecule has 0 unspecified atom stereocenters. The molecule has 0 aromatic heterocycles. The van der Waals surface area contributed by atoms with Crippen molar-refractivity contribution in [1.29, 1.82) is 0 Å². The normalized spacial score (nSPS) is 30.6. The summed E-state index contributed by atoms with van der Waals surface area (Å²) >= 11 is 0. The molecule has 2 aromatic carbocycles. The molecule has 2 aromatic rings. The van der Waals surface area contributed by atoms with Crippen LogP contribution in [0.3, 0.4) is 0 Å². The lowest BCUT2D eigenvalue weighted by molar-refractivity contribution is -0.0594. The highest BCUT2D eigenvalue weighted by atomic mass is 19.1. The topological polar surface area (TPSA) is 26.7 Å². The average Bonchev–Trinajstić information content (AvgIpc) is 2.83. The Morgan fingerprint density at radius 2 is 1.66 bits per heavy atom. The monoisotopic (exact) mass is 436 g/mol. The lowest BCUT2D eigenvalue weighted by Gasteiger charge is -2.52. The van der Waals surface area contributed by atoms with E-state index in [0.717, 1.165) is 52.0 Å². The fourth-order valence-corrected chi connectivity index (χ4v) is 6.65. The molecule has 5 rings (SSSR count). The predicted molar refractivity (Wildman–Crippen MR) is 127 cm³/mol. The number of benzene rings is 2. The maximum absolute atomic E-state index is 13.3. The molecule has 0 bridgehead atoms. The first-order chi connectivity index (χ1) is 15.6. The summed E-state index contributed by atoms with van der Waals surface area (Å²) in [5, 5.41) is 11.0. The molecule has 2 heterocycles. The van der Waals surface area contributed by atoms with Crippen molar-refractivity contribution < 1.29 is 9.50 Å². The lowest BCUT2D eigenvalue weighted by atomic mass is 9.66. The third-order valence-corrected chi connectivity index (χ3v) is 8.39. The van der Waals surface area contributed by atoms with Gasteiger partial charge in [-0.25, -0.2) is 4.39 Å². The number of hydrogen-bond acceptors (Lipinski definition) is 3. The van der Waals surface area contributed by atoms with Gasteiger partial charge < -0.3 is 5.11 Å². The minimum absolute atomic E-state index is 0.163. The van der Waals surface area contributed by atoms with Crippen molar-refractivity contribution in [2.45, 2.75) is 69.6 Å². The van der Waals surface area contributed by atoms with Crippen LogP contribution in [0.1, 0.15) is 62.0 Å².